The monoisotopic (exact) mass is 292 g/mol. The average molecular weight is 292 g/mol. The lowest BCUT2D eigenvalue weighted by atomic mass is 9.98. The summed E-state index contributed by atoms with van der Waals surface area (Å²) >= 11 is 0. The number of para-hydroxylation sites is 1. The van der Waals surface area contributed by atoms with Crippen LogP contribution in [0.1, 0.15) is 18.2 Å². The summed E-state index contributed by atoms with van der Waals surface area (Å²) in [5.74, 6) is 0. The quantitative estimate of drug-likeness (QED) is 0.728. The summed E-state index contributed by atoms with van der Waals surface area (Å²) in [6.45, 7) is 1.70. The largest absolute Gasteiger partial charge is 0.300 e. The van der Waals surface area contributed by atoms with E-state index < -0.39 is 5.54 Å². The molecule has 1 atom stereocenters. The second kappa shape index (κ2) is 4.24. The molecule has 0 amide bonds. The molecule has 2 aromatic heterocycles. The van der Waals surface area contributed by atoms with Crippen LogP contribution in [0.2, 0.25) is 0 Å². The zero-order valence-corrected chi connectivity index (χ0v) is 11.8. The molecule has 1 aliphatic rings. The van der Waals surface area contributed by atoms with Gasteiger partial charge in [-0.05, 0) is 19.1 Å². The van der Waals surface area contributed by atoms with Crippen molar-refractivity contribution in [3.8, 4) is 5.69 Å². The van der Waals surface area contributed by atoms with E-state index in [1.807, 2.05) is 30.3 Å². The molecule has 0 aliphatic carbocycles. The van der Waals surface area contributed by atoms with Crippen LogP contribution in [0.3, 0.4) is 0 Å². The number of H-pyrrole nitrogens is 1. The topological polar surface area (TPSA) is 80.1 Å². The number of nitrogens with zero attached hydrogens (tertiary/aromatic N) is 3. The molecule has 0 radical (unpaired) electrons. The Morgan fingerprint density at radius 1 is 1.27 bits per heavy atom. The van der Waals surface area contributed by atoms with Crippen molar-refractivity contribution in [3.05, 3.63) is 58.1 Å². The first-order chi connectivity index (χ1) is 10.6. The fourth-order valence-corrected chi connectivity index (χ4v) is 2.73. The Labute approximate surface area is 125 Å². The van der Waals surface area contributed by atoms with Crippen molar-refractivity contribution in [2.45, 2.75) is 12.5 Å². The number of aromatic amines is 1. The molecule has 108 valence electrons. The van der Waals surface area contributed by atoms with E-state index >= 15 is 0 Å². The maximum absolute atomic E-state index is 12.5. The molecule has 6 nitrogen and oxygen atoms in total. The highest BCUT2D eigenvalue weighted by atomic mass is 16.1. The first kappa shape index (κ1) is 12.7. The average Bonchev–Trinajstić information content (AvgIpc) is 3.07. The SMILES string of the molecule is CC1(C=O)N=Cc2c1ncc1c(=O)n(-c3ccccc3)[nH]c21. The Kier molecular flexibility index (Phi) is 2.45. The predicted octanol–water partition coefficient (Wildman–Crippen LogP) is 1.56. The molecule has 1 aromatic carbocycles. The van der Waals surface area contributed by atoms with Crippen LogP contribution in [-0.4, -0.2) is 27.3 Å². The van der Waals surface area contributed by atoms with Gasteiger partial charge in [-0.2, -0.15) is 0 Å². The van der Waals surface area contributed by atoms with Gasteiger partial charge in [-0.3, -0.25) is 19.9 Å². The first-order valence-corrected chi connectivity index (χ1v) is 6.85. The van der Waals surface area contributed by atoms with Gasteiger partial charge in [0.05, 0.1) is 22.3 Å². The minimum atomic E-state index is -0.977. The van der Waals surface area contributed by atoms with Gasteiger partial charge < -0.3 is 4.79 Å². The lowest BCUT2D eigenvalue weighted by molar-refractivity contribution is -0.111. The lowest BCUT2D eigenvalue weighted by Crippen LogP contribution is -2.20. The smallest absolute Gasteiger partial charge is 0.280 e. The number of carbonyl (C=O) groups is 1. The van der Waals surface area contributed by atoms with E-state index in [1.54, 1.807) is 13.1 Å². The standard InChI is InChI=1S/C16H12N4O2/c1-16(9-21)14-11(8-18-16)13-12(7-17-14)15(22)20(19-13)10-5-3-2-4-6-10/h2-9,19H,1H3. The van der Waals surface area contributed by atoms with Gasteiger partial charge in [-0.25, -0.2) is 4.68 Å². The van der Waals surface area contributed by atoms with Gasteiger partial charge in [0.15, 0.2) is 11.8 Å². The fraction of sp³-hybridized carbons (Fsp3) is 0.125. The molecule has 0 saturated heterocycles. The number of hydrogen-bond acceptors (Lipinski definition) is 4. The Bertz CT molecular complexity index is 985. The Morgan fingerprint density at radius 2 is 2.05 bits per heavy atom. The van der Waals surface area contributed by atoms with Crippen molar-refractivity contribution >= 4 is 23.4 Å². The number of hydrogen-bond donors (Lipinski definition) is 1. The van der Waals surface area contributed by atoms with Gasteiger partial charge in [0.25, 0.3) is 5.56 Å². The summed E-state index contributed by atoms with van der Waals surface area (Å²) in [6, 6.07) is 9.29. The van der Waals surface area contributed by atoms with Crippen molar-refractivity contribution in [2.75, 3.05) is 0 Å². The number of pyridine rings is 1. The second-order valence-corrected chi connectivity index (χ2v) is 5.42. The summed E-state index contributed by atoms with van der Waals surface area (Å²) in [5, 5.41) is 3.58. The number of aliphatic imine (C=N–C) groups is 1. The molecule has 3 heterocycles. The maximum Gasteiger partial charge on any atom is 0.280 e. The van der Waals surface area contributed by atoms with Crippen LogP contribution in [0.25, 0.3) is 16.6 Å². The lowest BCUT2D eigenvalue weighted by Gasteiger charge is -2.12. The predicted molar refractivity (Wildman–Crippen MR) is 82.7 cm³/mol. The highest BCUT2D eigenvalue weighted by molar-refractivity contribution is 6.02. The van der Waals surface area contributed by atoms with Gasteiger partial charge in [0.1, 0.15) is 0 Å². The van der Waals surface area contributed by atoms with E-state index in [1.165, 1.54) is 10.9 Å². The van der Waals surface area contributed by atoms with Crippen LogP contribution >= 0.6 is 0 Å². The van der Waals surface area contributed by atoms with Crippen molar-refractivity contribution in [1.29, 1.82) is 0 Å². The van der Waals surface area contributed by atoms with E-state index in [0.717, 1.165) is 12.0 Å². The molecule has 4 rings (SSSR count). The van der Waals surface area contributed by atoms with Gasteiger partial charge in [0, 0.05) is 18.0 Å². The zero-order chi connectivity index (χ0) is 15.3. The molecule has 0 fully saturated rings. The van der Waals surface area contributed by atoms with E-state index in [-0.39, 0.29) is 5.56 Å². The molecular formula is C16H12N4O2. The molecular weight excluding hydrogens is 280 g/mol. The Hall–Kier alpha value is -3.02. The van der Waals surface area contributed by atoms with Crippen LogP contribution in [0.5, 0.6) is 0 Å². The molecule has 0 bridgehead atoms. The van der Waals surface area contributed by atoms with Crippen molar-refractivity contribution in [1.82, 2.24) is 14.8 Å². The molecule has 1 aliphatic heterocycles. The van der Waals surface area contributed by atoms with Crippen LogP contribution in [0.15, 0.2) is 46.3 Å². The Morgan fingerprint density at radius 3 is 2.77 bits per heavy atom. The normalized spacial score (nSPS) is 19.5. The van der Waals surface area contributed by atoms with Crippen molar-refractivity contribution in [2.24, 2.45) is 4.99 Å². The summed E-state index contributed by atoms with van der Waals surface area (Å²) in [6.07, 6.45) is 3.87. The third kappa shape index (κ3) is 1.54. The minimum absolute atomic E-state index is 0.176. The molecule has 0 saturated carbocycles. The summed E-state index contributed by atoms with van der Waals surface area (Å²) in [4.78, 5) is 32.3. The Balaban J connectivity index is 2.03. The summed E-state index contributed by atoms with van der Waals surface area (Å²) in [5.41, 5.74) is 1.49. The number of nitrogens with one attached hydrogen (secondary N) is 1. The van der Waals surface area contributed by atoms with Gasteiger partial charge in [-0.1, -0.05) is 18.2 Å². The number of rotatable bonds is 2. The number of carbonyl (C=O) groups excluding carboxylic acids is 1. The molecule has 1 N–H and O–H groups in total. The van der Waals surface area contributed by atoms with Crippen LogP contribution in [-0.2, 0) is 10.3 Å². The van der Waals surface area contributed by atoms with Gasteiger partial charge >= 0.3 is 0 Å². The zero-order valence-electron chi connectivity index (χ0n) is 11.8. The fourth-order valence-electron chi connectivity index (χ4n) is 2.73. The highest BCUT2D eigenvalue weighted by Crippen LogP contribution is 2.32. The third-order valence-corrected chi connectivity index (χ3v) is 3.96. The highest BCUT2D eigenvalue weighted by Gasteiger charge is 2.35. The van der Waals surface area contributed by atoms with Crippen molar-refractivity contribution in [3.63, 3.8) is 0 Å². The molecule has 22 heavy (non-hydrogen) atoms. The summed E-state index contributed by atoms with van der Waals surface area (Å²) < 4.78 is 1.47. The van der Waals surface area contributed by atoms with Gasteiger partial charge in [-0.15, -0.1) is 0 Å². The third-order valence-electron chi connectivity index (χ3n) is 3.96. The number of aromatic nitrogens is 3. The van der Waals surface area contributed by atoms with Crippen molar-refractivity contribution < 1.29 is 4.79 Å². The number of aldehydes is 1. The number of benzene rings is 1. The maximum atomic E-state index is 12.5. The number of fused-ring (bicyclic) bond motifs is 3. The van der Waals surface area contributed by atoms with Crippen LogP contribution < -0.4 is 5.56 Å². The molecule has 0 spiro atoms. The van der Waals surface area contributed by atoms with Gasteiger partial charge in [0.2, 0.25) is 0 Å². The first-order valence-electron chi connectivity index (χ1n) is 6.85. The molecule has 1 unspecified atom stereocenters. The molecule has 6 heteroatoms. The second-order valence-electron chi connectivity index (χ2n) is 5.42. The van der Waals surface area contributed by atoms with Crippen LogP contribution in [0, 0.1) is 0 Å². The van der Waals surface area contributed by atoms with E-state index in [9.17, 15) is 9.59 Å². The van der Waals surface area contributed by atoms with E-state index in [0.29, 0.717) is 22.2 Å². The van der Waals surface area contributed by atoms with E-state index in [4.69, 9.17) is 0 Å². The van der Waals surface area contributed by atoms with Crippen LogP contribution in [0.4, 0.5) is 0 Å². The molecule has 3 aromatic rings. The van der Waals surface area contributed by atoms with E-state index in [2.05, 4.69) is 15.1 Å². The summed E-state index contributed by atoms with van der Waals surface area (Å²) in [7, 11) is 0. The minimum Gasteiger partial charge on any atom is -0.300 e.